The van der Waals surface area contributed by atoms with Crippen molar-refractivity contribution in [2.45, 2.75) is 30.6 Å². The van der Waals surface area contributed by atoms with Crippen molar-refractivity contribution in [2.75, 3.05) is 0 Å². The Morgan fingerprint density at radius 3 is 1.47 bits per heavy atom. The zero-order valence-corrected chi connectivity index (χ0v) is 23.8. The minimum atomic E-state index is -3.69. The second-order valence-corrected chi connectivity index (χ2v) is 10.5. The quantitative estimate of drug-likeness (QED) is 0.0698. The van der Waals surface area contributed by atoms with Crippen molar-refractivity contribution in [1.82, 2.24) is 9.46 Å². The summed E-state index contributed by atoms with van der Waals surface area (Å²) in [6.45, 7) is 0. The van der Waals surface area contributed by atoms with E-state index in [1.54, 1.807) is 0 Å². The van der Waals surface area contributed by atoms with E-state index < -0.39 is 137 Å². The van der Waals surface area contributed by atoms with Crippen molar-refractivity contribution < 1.29 is 54.8 Å². The molecule has 236 valence electrons. The molecule has 0 amide bonds. The van der Waals surface area contributed by atoms with Crippen molar-refractivity contribution in [3.8, 4) is 5.75 Å². The molecule has 2 aromatic carbocycles. The van der Waals surface area contributed by atoms with Gasteiger partial charge in [0.25, 0.3) is 33.3 Å². The van der Waals surface area contributed by atoms with Gasteiger partial charge in [0, 0.05) is 12.8 Å². The second-order valence-electron chi connectivity index (χ2n) is 8.62. The highest BCUT2D eigenvalue weighted by Gasteiger charge is 2.33. The highest BCUT2D eigenvalue weighted by atomic mass is 35.5. The summed E-state index contributed by atoms with van der Waals surface area (Å²) >= 11 is 6.44. The molecule has 0 aliphatic heterocycles. The minimum Gasteiger partial charge on any atom is -0.420 e. The SMILES string of the molecule is O=C(Cl)CCC(=O)Oc1c(F)c(F)c(S(=O)On2c(=O)c3cc4c(=O)n(OC(=O)CCC(=O)Cl)c(=O)c4cc3c2=O)c(F)c1F. The van der Waals surface area contributed by atoms with Crippen molar-refractivity contribution in [1.29, 1.82) is 0 Å². The Morgan fingerprint density at radius 2 is 1.04 bits per heavy atom. The van der Waals surface area contributed by atoms with Gasteiger partial charge in [-0.05, 0) is 35.3 Å². The van der Waals surface area contributed by atoms with Gasteiger partial charge in [-0.25, -0.2) is 17.8 Å². The van der Waals surface area contributed by atoms with E-state index in [0.29, 0.717) is 12.1 Å². The first-order valence-corrected chi connectivity index (χ1v) is 13.6. The number of aromatic nitrogens is 2. The monoisotopic (exact) mass is 696 g/mol. The first kappa shape index (κ1) is 33.1. The lowest BCUT2D eigenvalue weighted by Gasteiger charge is -2.11. The Labute approximate surface area is 255 Å². The lowest BCUT2D eigenvalue weighted by Crippen LogP contribution is -2.35. The van der Waals surface area contributed by atoms with Gasteiger partial charge in [-0.15, -0.1) is 0 Å². The average Bonchev–Trinajstić information content (AvgIpc) is 3.34. The number of ether oxygens (including phenoxy) is 1. The molecule has 0 radical (unpaired) electrons. The van der Waals surface area contributed by atoms with Crippen LogP contribution in [0.4, 0.5) is 17.6 Å². The highest BCUT2D eigenvalue weighted by molar-refractivity contribution is 7.80. The van der Waals surface area contributed by atoms with Crippen LogP contribution in [-0.4, -0.2) is 36.1 Å². The first-order chi connectivity index (χ1) is 21.0. The number of carbonyl (C=O) groups is 4. The molecule has 0 saturated heterocycles. The molecule has 1 unspecified atom stereocenters. The van der Waals surface area contributed by atoms with Crippen LogP contribution < -0.4 is 36.1 Å². The van der Waals surface area contributed by atoms with Gasteiger partial charge >= 0.3 is 11.9 Å². The number of rotatable bonds is 11. The van der Waals surface area contributed by atoms with Crippen LogP contribution >= 0.6 is 23.2 Å². The molecule has 0 spiro atoms. The average molecular weight is 697 g/mol. The smallest absolute Gasteiger partial charge is 0.333 e. The van der Waals surface area contributed by atoms with Crippen molar-refractivity contribution >= 4 is 78.3 Å². The predicted molar refractivity (Wildman–Crippen MR) is 142 cm³/mol. The topological polar surface area (TPSA) is 191 Å². The molecule has 4 rings (SSSR count). The van der Waals surface area contributed by atoms with E-state index in [2.05, 4.69) is 13.9 Å². The first-order valence-electron chi connectivity index (χ1n) is 11.7. The molecule has 1 atom stereocenters. The second kappa shape index (κ2) is 12.7. The van der Waals surface area contributed by atoms with Crippen LogP contribution in [0, 0.1) is 23.3 Å². The summed E-state index contributed by atoms with van der Waals surface area (Å²) in [6.07, 6.45) is -2.57. The van der Waals surface area contributed by atoms with Gasteiger partial charge in [0.05, 0.1) is 34.4 Å². The summed E-state index contributed by atoms with van der Waals surface area (Å²) in [6, 6.07) is 1.38. The number of halogens is 6. The molecule has 45 heavy (non-hydrogen) atoms. The Balaban J connectivity index is 1.70. The zero-order valence-electron chi connectivity index (χ0n) is 21.5. The van der Waals surface area contributed by atoms with E-state index in [9.17, 15) is 60.1 Å². The number of nitrogens with zero attached hydrogens (tertiary/aromatic N) is 2. The van der Waals surface area contributed by atoms with Crippen LogP contribution in [0.1, 0.15) is 25.7 Å². The molecule has 21 heteroatoms. The van der Waals surface area contributed by atoms with Crippen LogP contribution in [0.15, 0.2) is 36.2 Å². The number of hydrogen-bond donors (Lipinski definition) is 0. The zero-order chi connectivity index (χ0) is 33.5. The number of carbonyl (C=O) groups excluding carboxylic acids is 4. The van der Waals surface area contributed by atoms with Crippen LogP contribution in [0.2, 0.25) is 0 Å². The fraction of sp³-hybridized carbons (Fsp3) is 0.167. The summed E-state index contributed by atoms with van der Waals surface area (Å²) in [5.74, 6) is -14.2. The third kappa shape index (κ3) is 6.26. The van der Waals surface area contributed by atoms with E-state index >= 15 is 0 Å². The maximum absolute atomic E-state index is 14.7. The molecule has 2 heterocycles. The maximum atomic E-state index is 14.7. The van der Waals surface area contributed by atoms with Crippen molar-refractivity contribution in [2.24, 2.45) is 0 Å². The van der Waals surface area contributed by atoms with Crippen LogP contribution in [-0.2, 0) is 30.3 Å². The molecule has 0 aliphatic rings. The van der Waals surface area contributed by atoms with Crippen molar-refractivity contribution in [3.63, 3.8) is 0 Å². The number of hydrogen-bond acceptors (Lipinski definition) is 12. The van der Waals surface area contributed by atoms with E-state index in [-0.39, 0.29) is 9.46 Å². The van der Waals surface area contributed by atoms with Gasteiger partial charge in [-0.3, -0.25) is 37.8 Å². The molecule has 0 aliphatic carbocycles. The van der Waals surface area contributed by atoms with Gasteiger partial charge < -0.3 is 9.57 Å². The molecular formula is C24H10Cl2F4N2O12S. The van der Waals surface area contributed by atoms with E-state index in [4.69, 9.17) is 23.2 Å². The largest absolute Gasteiger partial charge is 0.420 e. The van der Waals surface area contributed by atoms with E-state index in [1.165, 1.54) is 0 Å². The Kier molecular flexibility index (Phi) is 9.35. The van der Waals surface area contributed by atoms with Gasteiger partial charge in [-0.2, -0.15) is 8.78 Å². The molecule has 2 aromatic heterocycles. The third-order valence-electron chi connectivity index (χ3n) is 5.77. The van der Waals surface area contributed by atoms with Crippen molar-refractivity contribution in [3.05, 3.63) is 76.8 Å². The lowest BCUT2D eigenvalue weighted by molar-refractivity contribution is -0.145. The molecule has 14 nitrogen and oxygen atoms in total. The number of fused-ring (bicyclic) bond motifs is 2. The minimum absolute atomic E-state index is 0.00776. The fourth-order valence-electron chi connectivity index (χ4n) is 3.73. The lowest BCUT2D eigenvalue weighted by atomic mass is 10.1. The molecular weight excluding hydrogens is 687 g/mol. The van der Waals surface area contributed by atoms with E-state index in [1.807, 2.05) is 0 Å². The standard InChI is InChI=1S/C24H10Cl2F4N2O12S/c25-11(33)1-3-13(35)42-19-15(27)17(29)20(18(30)16(19)28)45(41)44-32-23(39)9-5-7-8(6-10(9)24(32)40)22(38)31(21(7)37)43-14(36)4-2-12(26)34/h5-6H,1-4H2. The Morgan fingerprint density at radius 1 is 0.644 bits per heavy atom. The van der Waals surface area contributed by atoms with E-state index in [0.717, 1.165) is 0 Å². The van der Waals surface area contributed by atoms with Gasteiger partial charge in [0.2, 0.25) is 27.9 Å². The fourth-order valence-corrected chi connectivity index (χ4v) is 4.73. The summed E-state index contributed by atoms with van der Waals surface area (Å²) in [7, 11) is 0. The Bertz CT molecular complexity index is 2100. The van der Waals surface area contributed by atoms with Crippen LogP contribution in [0.5, 0.6) is 5.75 Å². The summed E-state index contributed by atoms with van der Waals surface area (Å²) in [4.78, 5) is 98.6. The van der Waals surface area contributed by atoms with Gasteiger partial charge in [-0.1, -0.05) is 9.46 Å². The van der Waals surface area contributed by atoms with Crippen LogP contribution in [0.3, 0.4) is 0 Å². The van der Waals surface area contributed by atoms with Gasteiger partial charge in [0.15, 0.2) is 16.5 Å². The highest BCUT2D eigenvalue weighted by Crippen LogP contribution is 2.32. The normalized spacial score (nSPS) is 12.0. The molecule has 0 N–H and O–H groups in total. The molecule has 0 saturated carbocycles. The number of benzene rings is 2. The summed E-state index contributed by atoms with van der Waals surface area (Å²) < 4.78 is 79.3. The third-order valence-corrected chi connectivity index (χ3v) is 7.12. The van der Waals surface area contributed by atoms with Gasteiger partial charge in [0.1, 0.15) is 0 Å². The number of esters is 1. The molecule has 4 aromatic rings. The predicted octanol–water partition coefficient (Wildman–Crippen LogP) is 0.572. The Hall–Kier alpha value is -4.75. The molecule has 0 bridgehead atoms. The molecule has 0 fully saturated rings. The maximum Gasteiger partial charge on any atom is 0.333 e. The summed E-state index contributed by atoms with van der Waals surface area (Å²) in [5.41, 5.74) is -5.58. The van der Waals surface area contributed by atoms with Crippen LogP contribution in [0.25, 0.3) is 21.5 Å². The summed E-state index contributed by atoms with van der Waals surface area (Å²) in [5, 5.41) is -4.42.